The van der Waals surface area contributed by atoms with E-state index in [4.69, 9.17) is 10.5 Å². The van der Waals surface area contributed by atoms with Gasteiger partial charge in [0.15, 0.2) is 6.23 Å². The lowest BCUT2D eigenvalue weighted by Gasteiger charge is -2.38. The fourth-order valence-electron chi connectivity index (χ4n) is 3.71. The van der Waals surface area contributed by atoms with Crippen molar-refractivity contribution in [1.82, 2.24) is 10.2 Å². The molecule has 0 saturated carbocycles. The van der Waals surface area contributed by atoms with Crippen molar-refractivity contribution in [2.75, 3.05) is 13.1 Å². The average Bonchev–Trinajstić information content (AvgIpc) is 2.77. The fraction of sp³-hybridized carbons (Fsp3) is 0.640. The Bertz CT molecular complexity index is 726. The number of piperidine rings is 1. The summed E-state index contributed by atoms with van der Waals surface area (Å²) in [5, 5.41) is 2.94. The lowest BCUT2D eigenvalue weighted by Crippen LogP contribution is -2.49. The second-order valence-electron chi connectivity index (χ2n) is 8.91. The highest BCUT2D eigenvalue weighted by Crippen LogP contribution is 2.25. The molecule has 7 nitrogen and oxygen atoms in total. The van der Waals surface area contributed by atoms with E-state index < -0.39 is 23.4 Å². The lowest BCUT2D eigenvalue weighted by molar-refractivity contribution is -0.149. The highest BCUT2D eigenvalue weighted by molar-refractivity contribution is 6.40. The molecule has 0 aromatic heterocycles. The van der Waals surface area contributed by atoms with Crippen LogP contribution in [0, 0.1) is 5.41 Å². The molecule has 3 N–H and O–H groups in total. The normalized spacial score (nSPS) is 19.8. The van der Waals surface area contributed by atoms with Crippen LogP contribution in [-0.2, 0) is 14.3 Å². The molecule has 1 aliphatic rings. The summed E-state index contributed by atoms with van der Waals surface area (Å²) in [5.41, 5.74) is 5.71. The Morgan fingerprint density at radius 3 is 2.25 bits per heavy atom. The fourth-order valence-corrected chi connectivity index (χ4v) is 3.71. The van der Waals surface area contributed by atoms with Crippen molar-refractivity contribution in [2.45, 2.75) is 85.5 Å². The van der Waals surface area contributed by atoms with Gasteiger partial charge in [-0.2, -0.15) is 0 Å². The van der Waals surface area contributed by atoms with Crippen LogP contribution in [-0.4, -0.2) is 54.0 Å². The van der Waals surface area contributed by atoms with Gasteiger partial charge in [0.25, 0.3) is 5.78 Å². The molecule has 0 bridgehead atoms. The van der Waals surface area contributed by atoms with Crippen molar-refractivity contribution in [3.8, 4) is 0 Å². The van der Waals surface area contributed by atoms with Gasteiger partial charge < -0.3 is 10.1 Å². The number of rotatable bonds is 9. The van der Waals surface area contributed by atoms with Crippen molar-refractivity contribution >= 4 is 17.7 Å². The zero-order chi connectivity index (χ0) is 24.3. The first-order chi connectivity index (χ1) is 15.1. The van der Waals surface area contributed by atoms with Crippen molar-refractivity contribution in [1.29, 1.82) is 0 Å². The van der Waals surface area contributed by atoms with E-state index in [1.165, 1.54) is 6.42 Å². The van der Waals surface area contributed by atoms with Gasteiger partial charge in [-0.1, -0.05) is 64.4 Å². The van der Waals surface area contributed by atoms with Crippen LogP contribution in [0.25, 0.3) is 0 Å². The summed E-state index contributed by atoms with van der Waals surface area (Å²) in [6, 6.07) is 9.05. The predicted molar refractivity (Wildman–Crippen MR) is 127 cm³/mol. The van der Waals surface area contributed by atoms with E-state index in [1.54, 1.807) is 30.3 Å². The minimum Gasteiger partial charge on any atom is -0.440 e. The number of nitrogens with two attached hydrogens (primary N) is 1. The molecule has 1 aromatic rings. The maximum absolute atomic E-state index is 12.4. The number of benzene rings is 1. The number of hydrogen-bond acceptors (Lipinski definition) is 6. The van der Waals surface area contributed by atoms with E-state index >= 15 is 0 Å². The molecule has 0 radical (unpaired) electrons. The van der Waals surface area contributed by atoms with Gasteiger partial charge in [0, 0.05) is 29.6 Å². The first-order valence-electron chi connectivity index (χ1n) is 11.7. The Morgan fingerprint density at radius 2 is 1.69 bits per heavy atom. The van der Waals surface area contributed by atoms with Crippen LogP contribution < -0.4 is 11.1 Å². The number of ketones is 1. The second kappa shape index (κ2) is 13.3. The third-order valence-corrected chi connectivity index (χ3v) is 6.02. The molecule has 2 rings (SSSR count). The summed E-state index contributed by atoms with van der Waals surface area (Å²) < 4.78 is 5.21. The first-order valence-corrected chi connectivity index (χ1v) is 11.7. The standard InChI is InChI=1S/C23H35N3O4.C2H6/c1-16-9-8-10-17(2)26(16)15-19(27)25-14-13-23(3,4)22(24)30-21(29)20(28)18-11-6-5-7-12-18;1-2/h5-7,11-12,16-17,22H,8-10,13-15,24H2,1-4H3,(H,25,27);1-2H3. The topological polar surface area (TPSA) is 102 Å². The summed E-state index contributed by atoms with van der Waals surface area (Å²) in [6.45, 7) is 12.8. The van der Waals surface area contributed by atoms with Gasteiger partial charge in [-0.05, 0) is 33.1 Å². The Hall–Kier alpha value is -2.25. The highest BCUT2D eigenvalue weighted by atomic mass is 16.6. The van der Waals surface area contributed by atoms with Gasteiger partial charge in [0.1, 0.15) is 0 Å². The first kappa shape index (κ1) is 27.8. The molecular formula is C25H41N3O4. The zero-order valence-corrected chi connectivity index (χ0v) is 20.5. The Labute approximate surface area is 193 Å². The van der Waals surface area contributed by atoms with Crippen LogP contribution in [0.1, 0.15) is 77.6 Å². The smallest absolute Gasteiger partial charge is 0.381 e. The van der Waals surface area contributed by atoms with E-state index in [9.17, 15) is 14.4 Å². The van der Waals surface area contributed by atoms with Gasteiger partial charge in [0.2, 0.25) is 5.91 Å². The Kier molecular flexibility index (Phi) is 11.6. The number of nitrogens with zero attached hydrogens (tertiary/aromatic N) is 1. The molecule has 3 atom stereocenters. The highest BCUT2D eigenvalue weighted by Gasteiger charge is 2.32. The summed E-state index contributed by atoms with van der Waals surface area (Å²) in [6.07, 6.45) is 2.99. The van der Waals surface area contributed by atoms with Crippen LogP contribution >= 0.6 is 0 Å². The quantitative estimate of drug-likeness (QED) is 0.260. The molecule has 1 aromatic carbocycles. The molecule has 7 heteroatoms. The molecule has 180 valence electrons. The molecule has 0 aliphatic carbocycles. The maximum atomic E-state index is 12.4. The third kappa shape index (κ3) is 8.36. The van der Waals surface area contributed by atoms with Crippen LogP contribution in [0.4, 0.5) is 0 Å². The van der Waals surface area contributed by atoms with E-state index in [0.29, 0.717) is 31.6 Å². The summed E-state index contributed by atoms with van der Waals surface area (Å²) in [7, 11) is 0. The molecule has 0 spiro atoms. The number of likely N-dealkylation sites (tertiary alicyclic amines) is 1. The van der Waals surface area contributed by atoms with Gasteiger partial charge in [0.05, 0.1) is 6.54 Å². The summed E-state index contributed by atoms with van der Waals surface area (Å²) in [5.74, 6) is -1.71. The molecule has 1 aliphatic heterocycles. The number of nitrogens with one attached hydrogen (secondary N) is 1. The number of ether oxygens (including phenoxy) is 1. The largest absolute Gasteiger partial charge is 0.440 e. The maximum Gasteiger partial charge on any atom is 0.381 e. The lowest BCUT2D eigenvalue weighted by atomic mass is 9.87. The minimum absolute atomic E-state index is 0.0174. The van der Waals surface area contributed by atoms with Crippen LogP contribution in [0.2, 0.25) is 0 Å². The number of esters is 1. The number of Topliss-reactive ketones (excluding diaryl/α,β-unsaturated/α-hetero) is 1. The second-order valence-corrected chi connectivity index (χ2v) is 8.91. The molecule has 32 heavy (non-hydrogen) atoms. The zero-order valence-electron chi connectivity index (χ0n) is 20.5. The molecule has 1 saturated heterocycles. The SMILES string of the molecule is CC.CC1CCCC(C)N1CC(=O)NCCC(C)(C)C(N)OC(=O)C(=O)c1ccccc1. The van der Waals surface area contributed by atoms with E-state index in [-0.39, 0.29) is 11.5 Å². The molecule has 3 unspecified atom stereocenters. The van der Waals surface area contributed by atoms with E-state index in [2.05, 4.69) is 24.1 Å². The monoisotopic (exact) mass is 447 g/mol. The van der Waals surface area contributed by atoms with E-state index in [0.717, 1.165) is 12.8 Å². The molecule has 1 amide bonds. The van der Waals surface area contributed by atoms with Crippen LogP contribution in [0.15, 0.2) is 30.3 Å². The van der Waals surface area contributed by atoms with Crippen molar-refractivity contribution in [3.05, 3.63) is 35.9 Å². The number of carbonyl (C=O) groups excluding carboxylic acids is 3. The van der Waals surface area contributed by atoms with Crippen molar-refractivity contribution < 1.29 is 19.1 Å². The third-order valence-electron chi connectivity index (χ3n) is 6.02. The Balaban J connectivity index is 0.00000249. The number of carbonyl (C=O) groups is 3. The van der Waals surface area contributed by atoms with Crippen LogP contribution in [0.3, 0.4) is 0 Å². The summed E-state index contributed by atoms with van der Waals surface area (Å²) >= 11 is 0. The molecular weight excluding hydrogens is 406 g/mol. The number of hydrogen-bond donors (Lipinski definition) is 2. The average molecular weight is 448 g/mol. The van der Waals surface area contributed by atoms with Gasteiger partial charge in [-0.15, -0.1) is 0 Å². The van der Waals surface area contributed by atoms with Gasteiger partial charge >= 0.3 is 5.97 Å². The number of amides is 1. The molecule has 1 fully saturated rings. The van der Waals surface area contributed by atoms with Crippen LogP contribution in [0.5, 0.6) is 0 Å². The summed E-state index contributed by atoms with van der Waals surface area (Å²) in [4.78, 5) is 38.9. The Morgan fingerprint density at radius 1 is 1.12 bits per heavy atom. The minimum atomic E-state index is -0.973. The van der Waals surface area contributed by atoms with Crippen molar-refractivity contribution in [3.63, 3.8) is 0 Å². The van der Waals surface area contributed by atoms with E-state index in [1.807, 2.05) is 27.7 Å². The predicted octanol–water partition coefficient (Wildman–Crippen LogP) is 3.52. The van der Waals surface area contributed by atoms with Gasteiger partial charge in [-0.3, -0.25) is 20.2 Å². The molecule has 1 heterocycles. The van der Waals surface area contributed by atoms with Crippen molar-refractivity contribution in [2.24, 2.45) is 11.1 Å². The van der Waals surface area contributed by atoms with Gasteiger partial charge in [-0.25, -0.2) is 4.79 Å².